The molecule has 6 nitrogen and oxygen atoms in total. The van der Waals surface area contributed by atoms with Gasteiger partial charge in [0.05, 0.1) is 11.1 Å². The van der Waals surface area contributed by atoms with E-state index in [9.17, 15) is 24.6 Å². The quantitative estimate of drug-likeness (QED) is 0.600. The first-order valence-corrected chi connectivity index (χ1v) is 9.44. The lowest BCUT2D eigenvalue weighted by molar-refractivity contribution is -0.115. The van der Waals surface area contributed by atoms with Gasteiger partial charge in [0.15, 0.2) is 23.1 Å². The van der Waals surface area contributed by atoms with Crippen molar-refractivity contribution in [3.63, 3.8) is 0 Å². The largest absolute Gasteiger partial charge is 0.504 e. The lowest BCUT2D eigenvalue weighted by Crippen LogP contribution is -2.29. The van der Waals surface area contributed by atoms with Gasteiger partial charge in [-0.1, -0.05) is 38.2 Å². The van der Waals surface area contributed by atoms with Gasteiger partial charge in [-0.15, -0.1) is 0 Å². The SMILES string of the molecule is O=C1C=C(O)C(O)=C/C1=C1/Oc2cc(CC3CCCCC3)ccc2C(=O)C1=O. The summed E-state index contributed by atoms with van der Waals surface area (Å²) in [5.41, 5.74) is 0.927. The number of rotatable bonds is 2. The van der Waals surface area contributed by atoms with Gasteiger partial charge >= 0.3 is 0 Å². The molecule has 1 fully saturated rings. The number of hydrogen-bond acceptors (Lipinski definition) is 6. The zero-order valence-corrected chi connectivity index (χ0v) is 15.2. The van der Waals surface area contributed by atoms with E-state index in [1.807, 2.05) is 6.07 Å². The second-order valence-corrected chi connectivity index (χ2v) is 7.47. The minimum Gasteiger partial charge on any atom is -0.504 e. The van der Waals surface area contributed by atoms with E-state index < -0.39 is 34.6 Å². The Morgan fingerprint density at radius 3 is 2.39 bits per heavy atom. The molecule has 3 aliphatic rings. The van der Waals surface area contributed by atoms with Gasteiger partial charge in [0.1, 0.15) is 5.75 Å². The number of aliphatic hydroxyl groups excluding tert-OH is 2. The molecule has 0 amide bonds. The van der Waals surface area contributed by atoms with E-state index in [0.29, 0.717) is 5.92 Å². The Morgan fingerprint density at radius 1 is 0.929 bits per heavy atom. The maximum absolute atomic E-state index is 12.5. The van der Waals surface area contributed by atoms with Crippen LogP contribution in [0.1, 0.15) is 48.0 Å². The third-order valence-corrected chi connectivity index (χ3v) is 5.49. The molecule has 1 aromatic carbocycles. The predicted octanol–water partition coefficient (Wildman–Crippen LogP) is 3.67. The second-order valence-electron chi connectivity index (χ2n) is 7.47. The van der Waals surface area contributed by atoms with Crippen LogP contribution in [0.15, 0.2) is 53.2 Å². The van der Waals surface area contributed by atoms with Crippen molar-refractivity contribution >= 4 is 17.3 Å². The van der Waals surface area contributed by atoms with Crippen molar-refractivity contribution in [3.8, 4) is 5.75 Å². The summed E-state index contributed by atoms with van der Waals surface area (Å²) in [5, 5.41) is 19.1. The number of carbonyl (C=O) groups is 3. The van der Waals surface area contributed by atoms with Crippen molar-refractivity contribution in [2.45, 2.75) is 38.5 Å². The second kappa shape index (κ2) is 7.11. The van der Waals surface area contributed by atoms with E-state index in [1.165, 1.54) is 32.1 Å². The van der Waals surface area contributed by atoms with Gasteiger partial charge in [-0.25, -0.2) is 0 Å². The summed E-state index contributed by atoms with van der Waals surface area (Å²) < 4.78 is 5.66. The van der Waals surface area contributed by atoms with Crippen LogP contribution in [0.5, 0.6) is 5.75 Å². The summed E-state index contributed by atoms with van der Waals surface area (Å²) in [6, 6.07) is 5.19. The molecule has 0 radical (unpaired) electrons. The van der Waals surface area contributed by atoms with Crippen molar-refractivity contribution in [2.24, 2.45) is 5.92 Å². The van der Waals surface area contributed by atoms with E-state index in [-0.39, 0.29) is 16.9 Å². The summed E-state index contributed by atoms with van der Waals surface area (Å²) in [5.74, 6) is -3.18. The number of allylic oxidation sites excluding steroid dienone is 4. The third-order valence-electron chi connectivity index (χ3n) is 5.49. The molecule has 1 aromatic rings. The molecule has 6 heteroatoms. The fraction of sp³-hybridized carbons (Fsp3) is 0.318. The van der Waals surface area contributed by atoms with E-state index in [0.717, 1.165) is 24.1 Å². The number of Topliss-reactive ketones (excluding diaryl/α,β-unsaturated/α-hetero) is 2. The molecular formula is C22H20O6. The van der Waals surface area contributed by atoms with Crippen molar-refractivity contribution < 1.29 is 29.3 Å². The average Bonchev–Trinajstić information content (AvgIpc) is 2.68. The molecule has 2 N–H and O–H groups in total. The molecular weight excluding hydrogens is 360 g/mol. The molecule has 1 aliphatic heterocycles. The van der Waals surface area contributed by atoms with Gasteiger partial charge < -0.3 is 14.9 Å². The van der Waals surface area contributed by atoms with Crippen LogP contribution in [0, 0.1) is 5.92 Å². The predicted molar refractivity (Wildman–Crippen MR) is 100 cm³/mol. The van der Waals surface area contributed by atoms with Crippen LogP contribution >= 0.6 is 0 Å². The van der Waals surface area contributed by atoms with E-state index in [2.05, 4.69) is 0 Å². The molecule has 0 aromatic heterocycles. The third kappa shape index (κ3) is 3.26. The smallest absolute Gasteiger partial charge is 0.269 e. The molecule has 4 rings (SSSR count). The van der Waals surface area contributed by atoms with Crippen LogP contribution in [0.3, 0.4) is 0 Å². The van der Waals surface area contributed by atoms with Gasteiger partial charge in [0.25, 0.3) is 5.78 Å². The lowest BCUT2D eigenvalue weighted by atomic mass is 9.84. The summed E-state index contributed by atoms with van der Waals surface area (Å²) in [4.78, 5) is 37.1. The highest BCUT2D eigenvalue weighted by Crippen LogP contribution is 2.34. The molecule has 28 heavy (non-hydrogen) atoms. The van der Waals surface area contributed by atoms with E-state index in [4.69, 9.17) is 4.74 Å². The first kappa shape index (κ1) is 18.2. The maximum Gasteiger partial charge on any atom is 0.269 e. The number of ether oxygens (including phenoxy) is 1. The zero-order chi connectivity index (χ0) is 19.8. The topological polar surface area (TPSA) is 101 Å². The first-order valence-electron chi connectivity index (χ1n) is 9.44. The van der Waals surface area contributed by atoms with Gasteiger partial charge in [0, 0.05) is 6.08 Å². The fourth-order valence-corrected chi connectivity index (χ4v) is 3.98. The Morgan fingerprint density at radius 2 is 1.64 bits per heavy atom. The Hall–Kier alpha value is -3.15. The first-order chi connectivity index (χ1) is 13.4. The zero-order valence-electron chi connectivity index (χ0n) is 15.2. The average molecular weight is 380 g/mol. The van der Waals surface area contributed by atoms with Crippen molar-refractivity contribution in [2.75, 3.05) is 0 Å². The number of ketones is 3. The molecule has 0 saturated heterocycles. The van der Waals surface area contributed by atoms with Crippen molar-refractivity contribution in [3.05, 3.63) is 64.3 Å². The Kier molecular flexibility index (Phi) is 4.63. The highest BCUT2D eigenvalue weighted by molar-refractivity contribution is 6.51. The molecule has 0 spiro atoms. The highest BCUT2D eigenvalue weighted by atomic mass is 16.5. The molecule has 0 bridgehead atoms. The molecule has 0 atom stereocenters. The standard InChI is InChI=1S/C22H20O6/c23-16-11-18(25)17(24)10-15(16)22-21(27)20(26)14-7-6-13(9-19(14)28-22)8-12-4-2-1-3-5-12/h6-7,9-12,24-25H,1-5,8H2/b22-15-. The molecule has 0 unspecified atom stereocenters. The van der Waals surface area contributed by atoms with Crippen LogP contribution in [0.2, 0.25) is 0 Å². The highest BCUT2D eigenvalue weighted by Gasteiger charge is 2.36. The van der Waals surface area contributed by atoms with Crippen molar-refractivity contribution in [1.82, 2.24) is 0 Å². The van der Waals surface area contributed by atoms with Crippen LogP contribution in [-0.4, -0.2) is 27.6 Å². The summed E-state index contributed by atoms with van der Waals surface area (Å²) in [7, 11) is 0. The Bertz CT molecular complexity index is 973. The monoisotopic (exact) mass is 380 g/mol. The molecule has 1 heterocycles. The summed E-state index contributed by atoms with van der Waals surface area (Å²) in [6.45, 7) is 0. The fourth-order valence-electron chi connectivity index (χ4n) is 3.98. The van der Waals surface area contributed by atoms with Crippen molar-refractivity contribution in [1.29, 1.82) is 0 Å². The van der Waals surface area contributed by atoms with Crippen LogP contribution in [0.4, 0.5) is 0 Å². The Labute approximate surface area is 161 Å². The van der Waals surface area contributed by atoms with Gasteiger partial charge in [0.2, 0.25) is 5.78 Å². The van der Waals surface area contributed by atoms with E-state index in [1.54, 1.807) is 12.1 Å². The van der Waals surface area contributed by atoms with E-state index >= 15 is 0 Å². The van der Waals surface area contributed by atoms with Gasteiger partial charge in [-0.05, 0) is 36.1 Å². The molecule has 1 saturated carbocycles. The minimum absolute atomic E-state index is 0.164. The van der Waals surface area contributed by atoms with Crippen LogP contribution in [-0.2, 0) is 16.0 Å². The molecule has 144 valence electrons. The maximum atomic E-state index is 12.5. The van der Waals surface area contributed by atoms with Gasteiger partial charge in [-0.2, -0.15) is 0 Å². The van der Waals surface area contributed by atoms with Crippen LogP contribution < -0.4 is 4.74 Å². The number of fused-ring (bicyclic) bond motifs is 1. The molecule has 2 aliphatic carbocycles. The number of aliphatic hydroxyl groups is 2. The minimum atomic E-state index is -0.949. The van der Waals surface area contributed by atoms with Gasteiger partial charge in [-0.3, -0.25) is 14.4 Å². The normalized spacial score (nSPS) is 23.1. The van der Waals surface area contributed by atoms with Crippen LogP contribution in [0.25, 0.3) is 0 Å². The Balaban J connectivity index is 1.68. The lowest BCUT2D eigenvalue weighted by Gasteiger charge is -2.23. The summed E-state index contributed by atoms with van der Waals surface area (Å²) in [6.07, 6.45) is 8.69. The number of hydrogen-bond donors (Lipinski definition) is 2. The number of carbonyl (C=O) groups excluding carboxylic acids is 3. The number of benzene rings is 1. The summed E-state index contributed by atoms with van der Waals surface area (Å²) >= 11 is 0.